The van der Waals surface area contributed by atoms with E-state index in [1.807, 2.05) is 24.5 Å². The van der Waals surface area contributed by atoms with E-state index in [0.717, 1.165) is 42.3 Å². The summed E-state index contributed by atoms with van der Waals surface area (Å²) < 4.78 is 5.83. The summed E-state index contributed by atoms with van der Waals surface area (Å²) in [4.78, 5) is 12.1. The monoisotopic (exact) mass is 486 g/mol. The molecule has 5 nitrogen and oxygen atoms in total. The van der Waals surface area contributed by atoms with E-state index in [-0.39, 0.29) is 0 Å². The van der Waals surface area contributed by atoms with Crippen LogP contribution < -0.4 is 15.0 Å². The zero-order valence-corrected chi connectivity index (χ0v) is 22.9. The molecule has 1 aliphatic rings. The number of aryl methyl sites for hydroxylation is 2. The molecule has 0 radical (unpaired) electrons. The molecule has 1 saturated heterocycles. The molecule has 0 bridgehead atoms. The van der Waals surface area contributed by atoms with Gasteiger partial charge in [-0.1, -0.05) is 45.4 Å². The predicted octanol–water partition coefficient (Wildman–Crippen LogP) is 7.08. The SMILES string of the molecule is Cc1ccc(OCCNc2ccc(-c3cnc(C)c(CC(C)C)c3N3CCC(C)(C)CC3)cn2)cc1. The predicted molar refractivity (Wildman–Crippen MR) is 151 cm³/mol. The molecule has 1 fully saturated rings. The fraction of sp³-hybridized carbons (Fsp3) is 0.484. The summed E-state index contributed by atoms with van der Waals surface area (Å²) in [7, 11) is 0. The molecule has 5 heteroatoms. The Bertz CT molecular complexity index is 1130. The topological polar surface area (TPSA) is 50.3 Å². The Morgan fingerprint density at radius 3 is 2.33 bits per heavy atom. The number of pyridine rings is 2. The molecule has 1 N–H and O–H groups in total. The number of benzene rings is 1. The van der Waals surface area contributed by atoms with Crippen LogP contribution in [0, 0.1) is 25.2 Å². The maximum atomic E-state index is 5.83. The van der Waals surface area contributed by atoms with Crippen molar-refractivity contribution in [1.82, 2.24) is 9.97 Å². The molecule has 0 atom stereocenters. The third-order valence-electron chi connectivity index (χ3n) is 7.18. The van der Waals surface area contributed by atoms with Crippen molar-refractivity contribution in [3.63, 3.8) is 0 Å². The van der Waals surface area contributed by atoms with E-state index in [1.54, 1.807) is 0 Å². The molecule has 0 amide bonds. The summed E-state index contributed by atoms with van der Waals surface area (Å²) in [6, 6.07) is 12.4. The molecule has 3 aromatic rings. The van der Waals surface area contributed by atoms with Gasteiger partial charge in [-0.15, -0.1) is 0 Å². The maximum absolute atomic E-state index is 5.83. The summed E-state index contributed by atoms with van der Waals surface area (Å²) in [6.07, 6.45) is 7.48. The highest BCUT2D eigenvalue weighted by atomic mass is 16.5. The number of hydrogen-bond acceptors (Lipinski definition) is 5. The van der Waals surface area contributed by atoms with Gasteiger partial charge in [0.05, 0.1) is 12.2 Å². The van der Waals surface area contributed by atoms with Crippen molar-refractivity contribution in [3.8, 4) is 16.9 Å². The highest BCUT2D eigenvalue weighted by Crippen LogP contribution is 2.40. The van der Waals surface area contributed by atoms with E-state index in [2.05, 4.69) is 76.0 Å². The van der Waals surface area contributed by atoms with Crippen molar-refractivity contribution in [3.05, 3.63) is 65.6 Å². The van der Waals surface area contributed by atoms with Gasteiger partial charge in [-0.25, -0.2) is 4.98 Å². The molecule has 1 aliphatic heterocycles. The average molecular weight is 487 g/mol. The maximum Gasteiger partial charge on any atom is 0.126 e. The Morgan fingerprint density at radius 2 is 1.69 bits per heavy atom. The lowest BCUT2D eigenvalue weighted by molar-refractivity contribution is 0.279. The van der Waals surface area contributed by atoms with Crippen LogP contribution in [0.1, 0.15) is 57.4 Å². The number of hydrogen-bond donors (Lipinski definition) is 1. The second kappa shape index (κ2) is 11.3. The normalized spacial score (nSPS) is 15.2. The third kappa shape index (κ3) is 6.57. The van der Waals surface area contributed by atoms with Crippen LogP contribution in [0.5, 0.6) is 5.75 Å². The van der Waals surface area contributed by atoms with Gasteiger partial charge >= 0.3 is 0 Å². The zero-order valence-electron chi connectivity index (χ0n) is 22.9. The van der Waals surface area contributed by atoms with Gasteiger partial charge < -0.3 is 15.0 Å². The number of nitrogens with zero attached hydrogens (tertiary/aromatic N) is 3. The summed E-state index contributed by atoms with van der Waals surface area (Å²) in [5, 5.41) is 3.38. The molecular formula is C31H42N4O. The van der Waals surface area contributed by atoms with Crippen LogP contribution in [-0.2, 0) is 6.42 Å². The number of ether oxygens (including phenoxy) is 1. The number of aromatic nitrogens is 2. The standard InChI is InChI=1S/C31H42N4O/c1-22(2)19-27-24(4)33-21-28(30(27)35-16-13-31(5,6)14-17-35)25-9-12-29(34-20-25)32-15-18-36-26-10-7-23(3)8-11-26/h7-12,20-22H,13-19H2,1-6H3,(H,32,34). The molecule has 192 valence electrons. The molecule has 1 aromatic carbocycles. The van der Waals surface area contributed by atoms with Crippen LogP contribution >= 0.6 is 0 Å². The van der Waals surface area contributed by atoms with Crippen LogP contribution in [0.4, 0.5) is 11.5 Å². The summed E-state index contributed by atoms with van der Waals surface area (Å²) in [5.41, 5.74) is 7.85. The van der Waals surface area contributed by atoms with Gasteiger partial charge in [0.15, 0.2) is 0 Å². The van der Waals surface area contributed by atoms with Gasteiger partial charge in [0, 0.05) is 42.3 Å². The molecule has 0 unspecified atom stereocenters. The van der Waals surface area contributed by atoms with Gasteiger partial charge in [-0.2, -0.15) is 0 Å². The van der Waals surface area contributed by atoms with E-state index in [4.69, 9.17) is 14.7 Å². The molecule has 36 heavy (non-hydrogen) atoms. The molecule has 0 spiro atoms. The highest BCUT2D eigenvalue weighted by molar-refractivity contribution is 5.81. The van der Waals surface area contributed by atoms with E-state index >= 15 is 0 Å². The quantitative estimate of drug-likeness (QED) is 0.328. The number of piperidine rings is 1. The fourth-order valence-electron chi connectivity index (χ4n) is 4.84. The molecule has 2 aromatic heterocycles. The van der Waals surface area contributed by atoms with E-state index in [0.29, 0.717) is 24.5 Å². The summed E-state index contributed by atoms with van der Waals surface area (Å²) in [6.45, 7) is 17.0. The molecule has 0 saturated carbocycles. The first kappa shape index (κ1) is 26.0. The van der Waals surface area contributed by atoms with Crippen molar-refractivity contribution in [2.45, 2.75) is 60.8 Å². The smallest absolute Gasteiger partial charge is 0.126 e. The minimum absolute atomic E-state index is 0.412. The van der Waals surface area contributed by atoms with Gasteiger partial charge in [-0.05, 0) is 74.3 Å². The number of anilines is 2. The van der Waals surface area contributed by atoms with Crippen LogP contribution in [0.15, 0.2) is 48.8 Å². The van der Waals surface area contributed by atoms with Gasteiger partial charge in [0.1, 0.15) is 18.2 Å². The fourth-order valence-corrected chi connectivity index (χ4v) is 4.84. The molecule has 4 rings (SSSR count). The van der Waals surface area contributed by atoms with Crippen LogP contribution in [-0.4, -0.2) is 36.2 Å². The van der Waals surface area contributed by atoms with Gasteiger partial charge in [-0.3, -0.25) is 4.98 Å². The van der Waals surface area contributed by atoms with Crippen molar-refractivity contribution in [2.24, 2.45) is 11.3 Å². The highest BCUT2D eigenvalue weighted by Gasteiger charge is 2.29. The van der Waals surface area contributed by atoms with Crippen molar-refractivity contribution < 1.29 is 4.74 Å². The van der Waals surface area contributed by atoms with Gasteiger partial charge in [0.25, 0.3) is 0 Å². The largest absolute Gasteiger partial charge is 0.492 e. The first-order chi connectivity index (χ1) is 17.2. The molecular weight excluding hydrogens is 444 g/mol. The van der Waals surface area contributed by atoms with Crippen molar-refractivity contribution >= 4 is 11.5 Å². The Balaban J connectivity index is 1.50. The Labute approximate surface area is 217 Å². The van der Waals surface area contributed by atoms with Crippen LogP contribution in [0.25, 0.3) is 11.1 Å². The average Bonchev–Trinajstić information content (AvgIpc) is 2.85. The zero-order chi connectivity index (χ0) is 25.7. The lowest BCUT2D eigenvalue weighted by atomic mass is 9.82. The van der Waals surface area contributed by atoms with Crippen LogP contribution in [0.3, 0.4) is 0 Å². The minimum atomic E-state index is 0.412. The number of rotatable bonds is 9. The van der Waals surface area contributed by atoms with Crippen molar-refractivity contribution in [1.29, 1.82) is 0 Å². The summed E-state index contributed by atoms with van der Waals surface area (Å²) >= 11 is 0. The third-order valence-corrected chi connectivity index (χ3v) is 7.18. The van der Waals surface area contributed by atoms with Crippen LogP contribution in [0.2, 0.25) is 0 Å². The summed E-state index contributed by atoms with van der Waals surface area (Å²) in [5.74, 6) is 2.32. The first-order valence-corrected chi connectivity index (χ1v) is 13.3. The second-order valence-electron chi connectivity index (χ2n) is 11.4. The van der Waals surface area contributed by atoms with E-state index in [9.17, 15) is 0 Å². The number of nitrogens with one attached hydrogen (secondary N) is 1. The lowest BCUT2D eigenvalue weighted by Gasteiger charge is -2.40. The Hall–Kier alpha value is -3.08. The molecule has 3 heterocycles. The Kier molecular flexibility index (Phi) is 8.17. The Morgan fingerprint density at radius 1 is 0.972 bits per heavy atom. The van der Waals surface area contributed by atoms with Crippen molar-refractivity contribution in [2.75, 3.05) is 36.5 Å². The van der Waals surface area contributed by atoms with E-state index < -0.39 is 0 Å². The van der Waals surface area contributed by atoms with E-state index in [1.165, 1.54) is 35.2 Å². The minimum Gasteiger partial charge on any atom is -0.492 e. The van der Waals surface area contributed by atoms with Gasteiger partial charge in [0.2, 0.25) is 0 Å². The lowest BCUT2D eigenvalue weighted by Crippen LogP contribution is -2.38. The first-order valence-electron chi connectivity index (χ1n) is 13.3. The molecule has 0 aliphatic carbocycles. The second-order valence-corrected chi connectivity index (χ2v) is 11.4.